The van der Waals surface area contributed by atoms with E-state index in [-0.39, 0.29) is 16.3 Å². The van der Waals surface area contributed by atoms with Gasteiger partial charge in [0.05, 0.1) is 4.92 Å². The highest BCUT2D eigenvalue weighted by Gasteiger charge is 2.13. The van der Waals surface area contributed by atoms with Gasteiger partial charge in [0.1, 0.15) is 5.02 Å². The van der Waals surface area contributed by atoms with E-state index in [4.69, 9.17) is 23.2 Å². The third-order valence-electron chi connectivity index (χ3n) is 1.37. The van der Waals surface area contributed by atoms with Crippen molar-refractivity contribution in [1.82, 2.24) is 0 Å². The highest BCUT2D eigenvalue weighted by Crippen LogP contribution is 2.25. The third-order valence-corrected chi connectivity index (χ3v) is 1.89. The normalized spacial score (nSPS) is 9.69. The fourth-order valence-corrected chi connectivity index (χ4v) is 1.14. The van der Waals surface area contributed by atoms with Crippen LogP contribution in [0.4, 0.5) is 5.69 Å². The van der Waals surface area contributed by atoms with Crippen molar-refractivity contribution in [1.29, 1.82) is 0 Å². The van der Waals surface area contributed by atoms with E-state index < -0.39 is 10.2 Å². The van der Waals surface area contributed by atoms with E-state index in [1.54, 1.807) is 0 Å². The van der Waals surface area contributed by atoms with Crippen molar-refractivity contribution in [2.24, 2.45) is 0 Å². The van der Waals surface area contributed by atoms with Crippen molar-refractivity contribution in [3.8, 4) is 0 Å². The van der Waals surface area contributed by atoms with Crippen molar-refractivity contribution in [2.45, 2.75) is 0 Å². The number of carbonyl (C=O) groups is 1. The van der Waals surface area contributed by atoms with Crippen LogP contribution in [0.1, 0.15) is 10.4 Å². The van der Waals surface area contributed by atoms with Gasteiger partial charge in [0.15, 0.2) is 0 Å². The highest BCUT2D eigenvalue weighted by atomic mass is 35.5. The molecule has 0 spiro atoms. The van der Waals surface area contributed by atoms with Gasteiger partial charge in [0.25, 0.3) is 10.9 Å². The smallest absolute Gasteiger partial charge is 0.276 e. The zero-order valence-electron chi connectivity index (χ0n) is 6.16. The van der Waals surface area contributed by atoms with Gasteiger partial charge in [-0.3, -0.25) is 14.9 Å². The van der Waals surface area contributed by atoms with Crippen molar-refractivity contribution >= 4 is 34.1 Å². The zero-order valence-corrected chi connectivity index (χ0v) is 7.67. The van der Waals surface area contributed by atoms with Crippen LogP contribution in [-0.4, -0.2) is 10.2 Å². The monoisotopic (exact) mass is 219 g/mol. The van der Waals surface area contributed by atoms with Gasteiger partial charge in [-0.05, 0) is 23.7 Å². The zero-order chi connectivity index (χ0) is 10.0. The Bertz CT molecular complexity index is 378. The average molecular weight is 220 g/mol. The molecular weight excluding hydrogens is 217 g/mol. The lowest BCUT2D eigenvalue weighted by Crippen LogP contribution is -1.92. The fraction of sp³-hybridized carbons (Fsp3) is 0. The van der Waals surface area contributed by atoms with Crippen LogP contribution in [-0.2, 0) is 0 Å². The van der Waals surface area contributed by atoms with Crippen molar-refractivity contribution in [2.75, 3.05) is 0 Å². The summed E-state index contributed by atoms with van der Waals surface area (Å²) in [6.07, 6.45) is 0. The van der Waals surface area contributed by atoms with Gasteiger partial charge >= 0.3 is 0 Å². The molecule has 0 saturated heterocycles. The van der Waals surface area contributed by atoms with Gasteiger partial charge in [0.2, 0.25) is 0 Å². The summed E-state index contributed by atoms with van der Waals surface area (Å²) in [5, 5.41) is 9.51. The Hall–Kier alpha value is -1.13. The van der Waals surface area contributed by atoms with Gasteiger partial charge in [-0.2, -0.15) is 0 Å². The molecule has 0 N–H and O–H groups in total. The van der Waals surface area contributed by atoms with E-state index in [2.05, 4.69) is 0 Å². The van der Waals surface area contributed by atoms with Gasteiger partial charge in [-0.25, -0.2) is 0 Å². The molecule has 0 bridgehead atoms. The van der Waals surface area contributed by atoms with Crippen LogP contribution < -0.4 is 0 Å². The van der Waals surface area contributed by atoms with E-state index in [0.717, 1.165) is 12.1 Å². The minimum absolute atomic E-state index is 0.100. The van der Waals surface area contributed by atoms with Crippen LogP contribution in [0.15, 0.2) is 18.2 Å². The Balaban J connectivity index is 3.20. The first-order valence-corrected chi connectivity index (χ1v) is 3.91. The molecule has 13 heavy (non-hydrogen) atoms. The Morgan fingerprint density at radius 2 is 2.08 bits per heavy atom. The molecule has 0 aromatic heterocycles. The van der Waals surface area contributed by atoms with Crippen LogP contribution in [0.2, 0.25) is 5.02 Å². The maximum absolute atomic E-state index is 10.6. The number of benzene rings is 1. The SMILES string of the molecule is O=C(Cl)c1ccc([N+](=O)[O-])c(Cl)c1. The molecule has 0 saturated carbocycles. The van der Waals surface area contributed by atoms with E-state index in [1.807, 2.05) is 0 Å². The van der Waals surface area contributed by atoms with Gasteiger partial charge < -0.3 is 0 Å². The molecule has 0 aliphatic carbocycles. The molecule has 0 atom stereocenters. The molecule has 1 aromatic carbocycles. The molecule has 0 fully saturated rings. The molecule has 0 radical (unpaired) electrons. The lowest BCUT2D eigenvalue weighted by Gasteiger charge is -1.96. The summed E-state index contributed by atoms with van der Waals surface area (Å²) in [4.78, 5) is 20.3. The molecule has 0 unspecified atom stereocenters. The molecule has 0 aliphatic rings. The first-order chi connectivity index (χ1) is 6.02. The number of nitrogens with zero attached hydrogens (tertiary/aromatic N) is 1. The standard InChI is InChI=1S/C7H3Cl2NO3/c8-5-3-4(7(9)11)1-2-6(5)10(12)13/h1-3H. The number of nitro groups is 1. The maximum atomic E-state index is 10.6. The topological polar surface area (TPSA) is 60.2 Å². The van der Waals surface area contributed by atoms with Crippen LogP contribution in [0.5, 0.6) is 0 Å². The summed E-state index contributed by atoms with van der Waals surface area (Å²) in [7, 11) is 0. The van der Waals surface area contributed by atoms with Gasteiger partial charge in [-0.15, -0.1) is 0 Å². The Morgan fingerprint density at radius 3 is 2.46 bits per heavy atom. The predicted octanol–water partition coefficient (Wildman–Crippen LogP) is 2.63. The van der Waals surface area contributed by atoms with Crippen LogP contribution in [0.25, 0.3) is 0 Å². The summed E-state index contributed by atoms with van der Waals surface area (Å²) >= 11 is 10.7. The quantitative estimate of drug-likeness (QED) is 0.437. The highest BCUT2D eigenvalue weighted by molar-refractivity contribution is 6.67. The molecule has 6 heteroatoms. The Morgan fingerprint density at radius 1 is 1.46 bits per heavy atom. The lowest BCUT2D eigenvalue weighted by molar-refractivity contribution is -0.384. The van der Waals surface area contributed by atoms with Crippen molar-refractivity contribution < 1.29 is 9.72 Å². The second kappa shape index (κ2) is 3.72. The second-order valence-corrected chi connectivity index (χ2v) is 2.95. The third kappa shape index (κ3) is 2.17. The molecule has 4 nitrogen and oxygen atoms in total. The summed E-state index contributed by atoms with van der Waals surface area (Å²) in [5.74, 6) is 0. The summed E-state index contributed by atoms with van der Waals surface area (Å²) < 4.78 is 0. The largest absolute Gasteiger partial charge is 0.287 e. The van der Waals surface area contributed by atoms with Crippen LogP contribution in [0.3, 0.4) is 0 Å². The van der Waals surface area contributed by atoms with Gasteiger partial charge in [-0.1, -0.05) is 11.6 Å². The fourth-order valence-electron chi connectivity index (χ4n) is 0.777. The minimum Gasteiger partial charge on any atom is -0.276 e. The van der Waals surface area contributed by atoms with Crippen molar-refractivity contribution in [3.05, 3.63) is 38.9 Å². The minimum atomic E-state index is -0.697. The lowest BCUT2D eigenvalue weighted by atomic mass is 10.2. The summed E-state index contributed by atoms with van der Waals surface area (Å²) in [6, 6.07) is 3.55. The Labute approximate surface area is 83.2 Å². The first-order valence-electron chi connectivity index (χ1n) is 3.16. The van der Waals surface area contributed by atoms with Gasteiger partial charge in [0, 0.05) is 11.6 Å². The molecule has 0 aliphatic heterocycles. The van der Waals surface area contributed by atoms with E-state index >= 15 is 0 Å². The molecule has 1 aromatic rings. The number of hydrogen-bond acceptors (Lipinski definition) is 3. The maximum Gasteiger partial charge on any atom is 0.287 e. The van der Waals surface area contributed by atoms with Crippen LogP contribution >= 0.6 is 23.2 Å². The number of hydrogen-bond donors (Lipinski definition) is 0. The van der Waals surface area contributed by atoms with Crippen molar-refractivity contribution in [3.63, 3.8) is 0 Å². The number of halogens is 2. The van der Waals surface area contributed by atoms with Crippen LogP contribution in [0, 0.1) is 10.1 Å². The number of nitro benzene ring substituents is 1. The second-order valence-electron chi connectivity index (χ2n) is 2.20. The molecule has 68 valence electrons. The van der Waals surface area contributed by atoms with E-state index in [0.29, 0.717) is 0 Å². The first kappa shape index (κ1) is 9.95. The summed E-state index contributed by atoms with van der Waals surface area (Å²) in [5.41, 5.74) is -0.111. The van der Waals surface area contributed by atoms with E-state index in [1.165, 1.54) is 6.07 Å². The molecule has 0 heterocycles. The molecule has 1 rings (SSSR count). The predicted molar refractivity (Wildman–Crippen MR) is 48.3 cm³/mol. The summed E-state index contributed by atoms with van der Waals surface area (Å²) in [6.45, 7) is 0. The van der Waals surface area contributed by atoms with E-state index in [9.17, 15) is 14.9 Å². The molecular formula is C7H3Cl2NO3. The Kier molecular flexibility index (Phi) is 2.85. The molecule has 0 amide bonds. The number of carbonyl (C=O) groups excluding carboxylic acids is 1. The number of rotatable bonds is 2. The average Bonchev–Trinajstić information content (AvgIpc) is 2.03.